The van der Waals surface area contributed by atoms with Crippen LogP contribution in [0.15, 0.2) is 42.5 Å². The molecule has 2 nitrogen and oxygen atoms in total. The molecule has 2 atom stereocenters. The highest BCUT2D eigenvalue weighted by Crippen LogP contribution is 2.28. The zero-order valence-electron chi connectivity index (χ0n) is 13.6. The maximum absolute atomic E-state index is 5.49. The van der Waals surface area contributed by atoms with Crippen molar-refractivity contribution in [3.63, 3.8) is 0 Å². The minimum atomic E-state index is 0.231. The molecule has 0 bridgehead atoms. The fourth-order valence-corrected chi connectivity index (χ4v) is 2.82. The standard InChI is InChI=1S/C19H25NO/c1-13-10-11-19(21-5)18(12-13)16(4)20-15(3)17-9-7-6-8-14(17)2/h6-12,15-16,20H,1-5H3. The van der Waals surface area contributed by atoms with Gasteiger partial charge in [0.05, 0.1) is 7.11 Å². The Morgan fingerprint density at radius 1 is 0.905 bits per heavy atom. The lowest BCUT2D eigenvalue weighted by atomic mass is 9.99. The molecule has 0 saturated carbocycles. The molecule has 0 spiro atoms. The molecule has 2 heteroatoms. The number of hydrogen-bond donors (Lipinski definition) is 1. The van der Waals surface area contributed by atoms with Crippen LogP contribution in [0.5, 0.6) is 5.75 Å². The monoisotopic (exact) mass is 283 g/mol. The average molecular weight is 283 g/mol. The Morgan fingerprint density at radius 2 is 1.57 bits per heavy atom. The van der Waals surface area contributed by atoms with Gasteiger partial charge in [-0.1, -0.05) is 42.0 Å². The summed E-state index contributed by atoms with van der Waals surface area (Å²) in [6, 6.07) is 15.4. The minimum Gasteiger partial charge on any atom is -0.496 e. The van der Waals surface area contributed by atoms with E-state index < -0.39 is 0 Å². The van der Waals surface area contributed by atoms with Gasteiger partial charge < -0.3 is 10.1 Å². The van der Waals surface area contributed by atoms with Gasteiger partial charge in [0.15, 0.2) is 0 Å². The summed E-state index contributed by atoms with van der Waals surface area (Å²) < 4.78 is 5.49. The quantitative estimate of drug-likeness (QED) is 0.857. The summed E-state index contributed by atoms with van der Waals surface area (Å²) in [5, 5.41) is 3.68. The Bertz CT molecular complexity index is 606. The van der Waals surface area contributed by atoms with E-state index in [0.29, 0.717) is 6.04 Å². The van der Waals surface area contributed by atoms with Gasteiger partial charge in [-0.2, -0.15) is 0 Å². The van der Waals surface area contributed by atoms with Gasteiger partial charge in [-0.05, 0) is 44.9 Å². The van der Waals surface area contributed by atoms with E-state index in [1.54, 1.807) is 7.11 Å². The third-order valence-electron chi connectivity index (χ3n) is 4.01. The van der Waals surface area contributed by atoms with Crippen molar-refractivity contribution in [1.82, 2.24) is 5.32 Å². The Hall–Kier alpha value is -1.80. The minimum absolute atomic E-state index is 0.231. The van der Waals surface area contributed by atoms with Gasteiger partial charge in [-0.3, -0.25) is 0 Å². The van der Waals surface area contributed by atoms with Gasteiger partial charge in [0, 0.05) is 17.6 Å². The van der Waals surface area contributed by atoms with Crippen LogP contribution in [0.1, 0.15) is 48.2 Å². The van der Waals surface area contributed by atoms with Crippen LogP contribution >= 0.6 is 0 Å². The van der Waals surface area contributed by atoms with Crippen molar-refractivity contribution in [3.05, 3.63) is 64.7 Å². The summed E-state index contributed by atoms with van der Waals surface area (Å²) in [5.41, 5.74) is 5.12. The molecule has 21 heavy (non-hydrogen) atoms. The molecule has 0 heterocycles. The smallest absolute Gasteiger partial charge is 0.123 e. The van der Waals surface area contributed by atoms with E-state index >= 15 is 0 Å². The first kappa shape index (κ1) is 15.6. The Labute approximate surface area is 128 Å². The fraction of sp³-hybridized carbons (Fsp3) is 0.368. The molecular formula is C19H25NO. The summed E-state index contributed by atoms with van der Waals surface area (Å²) >= 11 is 0. The lowest BCUT2D eigenvalue weighted by Crippen LogP contribution is -2.23. The molecule has 112 valence electrons. The van der Waals surface area contributed by atoms with E-state index in [1.165, 1.54) is 22.3 Å². The number of rotatable bonds is 5. The third kappa shape index (κ3) is 3.64. The molecule has 0 saturated heterocycles. The highest BCUT2D eigenvalue weighted by molar-refractivity contribution is 5.39. The second-order valence-electron chi connectivity index (χ2n) is 5.71. The molecule has 0 fully saturated rings. The summed E-state index contributed by atoms with van der Waals surface area (Å²) in [7, 11) is 1.73. The molecule has 2 aromatic rings. The zero-order valence-corrected chi connectivity index (χ0v) is 13.6. The van der Waals surface area contributed by atoms with Gasteiger partial charge in [0.1, 0.15) is 5.75 Å². The van der Waals surface area contributed by atoms with Gasteiger partial charge in [-0.15, -0.1) is 0 Å². The maximum Gasteiger partial charge on any atom is 0.123 e. The highest BCUT2D eigenvalue weighted by Gasteiger charge is 2.15. The van der Waals surface area contributed by atoms with Crippen molar-refractivity contribution in [3.8, 4) is 5.75 Å². The molecule has 0 aliphatic carbocycles. The van der Waals surface area contributed by atoms with E-state index in [9.17, 15) is 0 Å². The second-order valence-corrected chi connectivity index (χ2v) is 5.71. The number of nitrogens with one attached hydrogen (secondary N) is 1. The van der Waals surface area contributed by atoms with Crippen molar-refractivity contribution in [2.75, 3.05) is 7.11 Å². The summed E-state index contributed by atoms with van der Waals surface area (Å²) in [6.07, 6.45) is 0. The van der Waals surface area contributed by atoms with E-state index in [4.69, 9.17) is 4.74 Å². The average Bonchev–Trinajstić information content (AvgIpc) is 2.47. The second kappa shape index (κ2) is 6.77. The SMILES string of the molecule is COc1ccc(C)cc1C(C)NC(C)c1ccccc1C. The summed E-state index contributed by atoms with van der Waals surface area (Å²) in [5.74, 6) is 0.942. The lowest BCUT2D eigenvalue weighted by Gasteiger charge is -2.23. The molecule has 1 N–H and O–H groups in total. The molecule has 0 amide bonds. The van der Waals surface area contributed by atoms with Crippen molar-refractivity contribution in [1.29, 1.82) is 0 Å². The Kier molecular flexibility index (Phi) is 5.03. The first-order valence-corrected chi connectivity index (χ1v) is 7.49. The molecule has 2 rings (SSSR count). The lowest BCUT2D eigenvalue weighted by molar-refractivity contribution is 0.396. The topological polar surface area (TPSA) is 21.3 Å². The maximum atomic E-state index is 5.49. The van der Waals surface area contributed by atoms with Crippen LogP contribution in [-0.2, 0) is 0 Å². The fourth-order valence-electron chi connectivity index (χ4n) is 2.82. The number of ether oxygens (including phenoxy) is 1. The van der Waals surface area contributed by atoms with Crippen LogP contribution in [0.25, 0.3) is 0 Å². The largest absolute Gasteiger partial charge is 0.496 e. The molecule has 2 unspecified atom stereocenters. The molecular weight excluding hydrogens is 258 g/mol. The third-order valence-corrected chi connectivity index (χ3v) is 4.01. The highest BCUT2D eigenvalue weighted by atomic mass is 16.5. The van der Waals surface area contributed by atoms with E-state index in [-0.39, 0.29) is 6.04 Å². The van der Waals surface area contributed by atoms with Crippen LogP contribution < -0.4 is 10.1 Å². The summed E-state index contributed by atoms with van der Waals surface area (Å²) in [6.45, 7) is 8.67. The van der Waals surface area contributed by atoms with Crippen LogP contribution in [0.4, 0.5) is 0 Å². The normalized spacial score (nSPS) is 13.8. The molecule has 0 radical (unpaired) electrons. The summed E-state index contributed by atoms with van der Waals surface area (Å²) in [4.78, 5) is 0. The zero-order chi connectivity index (χ0) is 15.4. The first-order chi connectivity index (χ1) is 10.0. The van der Waals surface area contributed by atoms with Crippen LogP contribution in [0.2, 0.25) is 0 Å². The van der Waals surface area contributed by atoms with E-state index in [2.05, 4.69) is 69.4 Å². The van der Waals surface area contributed by atoms with Crippen molar-refractivity contribution in [2.45, 2.75) is 39.8 Å². The number of aryl methyl sites for hydroxylation is 2. The van der Waals surface area contributed by atoms with Gasteiger partial charge in [0.2, 0.25) is 0 Å². The first-order valence-electron chi connectivity index (χ1n) is 7.49. The van der Waals surface area contributed by atoms with Crippen molar-refractivity contribution in [2.24, 2.45) is 0 Å². The van der Waals surface area contributed by atoms with E-state index in [0.717, 1.165) is 5.75 Å². The Morgan fingerprint density at radius 3 is 2.24 bits per heavy atom. The van der Waals surface area contributed by atoms with Crippen LogP contribution in [0, 0.1) is 13.8 Å². The molecule has 0 aliphatic heterocycles. The molecule has 0 aromatic heterocycles. The van der Waals surface area contributed by atoms with Crippen molar-refractivity contribution < 1.29 is 4.74 Å². The predicted octanol–water partition coefficient (Wildman–Crippen LogP) is 4.72. The van der Waals surface area contributed by atoms with E-state index in [1.807, 2.05) is 6.07 Å². The number of hydrogen-bond acceptors (Lipinski definition) is 2. The van der Waals surface area contributed by atoms with Gasteiger partial charge in [-0.25, -0.2) is 0 Å². The van der Waals surface area contributed by atoms with Gasteiger partial charge in [0.25, 0.3) is 0 Å². The number of benzene rings is 2. The van der Waals surface area contributed by atoms with Crippen LogP contribution in [-0.4, -0.2) is 7.11 Å². The Balaban J connectivity index is 2.20. The van der Waals surface area contributed by atoms with Crippen molar-refractivity contribution >= 4 is 0 Å². The van der Waals surface area contributed by atoms with Gasteiger partial charge >= 0.3 is 0 Å². The molecule has 0 aliphatic rings. The predicted molar refractivity (Wildman–Crippen MR) is 88.9 cm³/mol. The van der Waals surface area contributed by atoms with Crippen LogP contribution in [0.3, 0.4) is 0 Å². The molecule has 2 aromatic carbocycles. The number of methoxy groups -OCH3 is 1.